The lowest BCUT2D eigenvalue weighted by Crippen LogP contribution is -2.36. The summed E-state index contributed by atoms with van der Waals surface area (Å²) < 4.78 is 12.5. The number of hydrogen-bond donors (Lipinski definition) is 2. The fraction of sp³-hybridized carbons (Fsp3) is 0.200. The van der Waals surface area contributed by atoms with Gasteiger partial charge in [0.2, 0.25) is 5.91 Å². The van der Waals surface area contributed by atoms with E-state index in [9.17, 15) is 24.3 Å². The van der Waals surface area contributed by atoms with E-state index < -0.39 is 29.6 Å². The average Bonchev–Trinajstić information content (AvgIpc) is 3.17. The van der Waals surface area contributed by atoms with Gasteiger partial charge in [0.1, 0.15) is 13.2 Å². The third-order valence-corrected chi connectivity index (χ3v) is 7.86. The molecule has 1 aliphatic heterocycles. The number of thioether (sulfide) groups is 1. The highest BCUT2D eigenvalue weighted by Gasteiger charge is 2.36. The van der Waals surface area contributed by atoms with Crippen LogP contribution in [0.25, 0.3) is 6.08 Å². The van der Waals surface area contributed by atoms with Crippen LogP contribution in [0.4, 0.5) is 10.5 Å². The standard InChI is InChI=1S/C30H27IN2O7S/c1-4-39-24-13-20(12-23(31)27(24)40-16-19-6-5-7-21(11-19)29(36)37)14-25-28(35)33(30(38)41-25)15-26(34)32-22-9-8-17(2)18(3)10-22/h5-14H,4,15-16H2,1-3H3,(H,32,34)(H,36,37)/b25-14+. The minimum absolute atomic E-state index is 0.125. The molecule has 1 aliphatic rings. The number of nitrogens with one attached hydrogen (secondary N) is 1. The Labute approximate surface area is 255 Å². The van der Waals surface area contributed by atoms with Crippen molar-refractivity contribution in [3.63, 3.8) is 0 Å². The average molecular weight is 687 g/mol. The molecule has 0 aromatic heterocycles. The molecule has 3 aromatic rings. The number of imide groups is 1. The van der Waals surface area contributed by atoms with E-state index in [1.165, 1.54) is 6.07 Å². The van der Waals surface area contributed by atoms with E-state index in [4.69, 9.17) is 9.47 Å². The van der Waals surface area contributed by atoms with Crippen molar-refractivity contribution in [1.29, 1.82) is 0 Å². The second-order valence-electron chi connectivity index (χ2n) is 9.17. The third-order valence-electron chi connectivity index (χ3n) is 6.15. The van der Waals surface area contributed by atoms with Gasteiger partial charge in [0.25, 0.3) is 11.1 Å². The van der Waals surface area contributed by atoms with Gasteiger partial charge in [0.05, 0.1) is 20.6 Å². The summed E-state index contributed by atoms with van der Waals surface area (Å²) in [6, 6.07) is 15.5. The van der Waals surface area contributed by atoms with Crippen molar-refractivity contribution < 1.29 is 33.8 Å². The molecule has 0 atom stereocenters. The zero-order chi connectivity index (χ0) is 29.7. The molecule has 0 unspecified atom stereocenters. The number of aromatic carboxylic acids is 1. The first-order valence-corrected chi connectivity index (χ1v) is 14.5. The van der Waals surface area contributed by atoms with Gasteiger partial charge in [-0.1, -0.05) is 18.2 Å². The van der Waals surface area contributed by atoms with E-state index in [-0.39, 0.29) is 17.1 Å². The number of nitrogens with zero attached hydrogens (tertiary/aromatic N) is 1. The fourth-order valence-electron chi connectivity index (χ4n) is 3.97. The van der Waals surface area contributed by atoms with E-state index in [0.717, 1.165) is 27.8 Å². The van der Waals surface area contributed by atoms with Crippen molar-refractivity contribution in [3.8, 4) is 11.5 Å². The Kier molecular flexibility index (Phi) is 9.71. The van der Waals surface area contributed by atoms with Crippen LogP contribution in [0.1, 0.15) is 39.5 Å². The second-order valence-corrected chi connectivity index (χ2v) is 11.3. The number of amides is 3. The monoisotopic (exact) mass is 686 g/mol. The molecule has 2 N–H and O–H groups in total. The topological polar surface area (TPSA) is 122 Å². The molecule has 41 heavy (non-hydrogen) atoms. The molecule has 3 amide bonds. The summed E-state index contributed by atoms with van der Waals surface area (Å²) in [4.78, 5) is 50.6. The van der Waals surface area contributed by atoms with Gasteiger partial charge in [-0.15, -0.1) is 0 Å². The molecule has 0 radical (unpaired) electrons. The highest BCUT2D eigenvalue weighted by Crippen LogP contribution is 2.38. The molecule has 0 bridgehead atoms. The van der Waals surface area contributed by atoms with Gasteiger partial charge in [-0.05, 0) is 120 Å². The Balaban J connectivity index is 1.49. The molecule has 0 spiro atoms. The van der Waals surface area contributed by atoms with Crippen molar-refractivity contribution in [2.24, 2.45) is 0 Å². The van der Waals surface area contributed by atoms with Crippen molar-refractivity contribution in [2.75, 3.05) is 18.5 Å². The fourth-order valence-corrected chi connectivity index (χ4v) is 5.59. The highest BCUT2D eigenvalue weighted by atomic mass is 127. The van der Waals surface area contributed by atoms with Crippen LogP contribution in [0.2, 0.25) is 0 Å². The number of carboxylic acids is 1. The molecule has 212 valence electrons. The zero-order valence-corrected chi connectivity index (χ0v) is 25.5. The summed E-state index contributed by atoms with van der Waals surface area (Å²) in [5.41, 5.74) is 4.16. The van der Waals surface area contributed by atoms with E-state index in [1.807, 2.05) is 32.9 Å². The first-order valence-electron chi connectivity index (χ1n) is 12.6. The van der Waals surface area contributed by atoms with Gasteiger partial charge in [-0.2, -0.15) is 0 Å². The molecule has 11 heteroatoms. The number of hydrogen-bond acceptors (Lipinski definition) is 7. The van der Waals surface area contributed by atoms with Crippen molar-refractivity contribution >= 4 is 69.1 Å². The van der Waals surface area contributed by atoms with Gasteiger partial charge < -0.3 is 19.9 Å². The summed E-state index contributed by atoms with van der Waals surface area (Å²) in [7, 11) is 0. The van der Waals surface area contributed by atoms with Crippen LogP contribution < -0.4 is 14.8 Å². The van der Waals surface area contributed by atoms with Crippen LogP contribution >= 0.6 is 34.4 Å². The molecule has 0 saturated carbocycles. The van der Waals surface area contributed by atoms with Gasteiger partial charge in [-0.3, -0.25) is 19.3 Å². The number of halogens is 1. The molecule has 1 saturated heterocycles. The highest BCUT2D eigenvalue weighted by molar-refractivity contribution is 14.1. The van der Waals surface area contributed by atoms with Crippen LogP contribution in [-0.2, 0) is 16.2 Å². The molecule has 0 aliphatic carbocycles. The zero-order valence-electron chi connectivity index (χ0n) is 22.5. The molecule has 9 nitrogen and oxygen atoms in total. The Bertz CT molecular complexity index is 1570. The number of benzene rings is 3. The molecular formula is C30H27IN2O7S. The Morgan fingerprint density at radius 1 is 1.05 bits per heavy atom. The summed E-state index contributed by atoms with van der Waals surface area (Å²) in [5, 5.41) is 11.4. The van der Waals surface area contributed by atoms with E-state index in [1.54, 1.807) is 42.5 Å². The summed E-state index contributed by atoms with van der Waals surface area (Å²) in [6.45, 7) is 5.81. The minimum atomic E-state index is -1.02. The summed E-state index contributed by atoms with van der Waals surface area (Å²) in [6.07, 6.45) is 1.58. The van der Waals surface area contributed by atoms with E-state index in [0.29, 0.717) is 38.5 Å². The molecule has 1 fully saturated rings. The number of anilines is 1. The predicted molar refractivity (Wildman–Crippen MR) is 165 cm³/mol. The maximum Gasteiger partial charge on any atom is 0.335 e. The lowest BCUT2D eigenvalue weighted by Gasteiger charge is -2.15. The van der Waals surface area contributed by atoms with Crippen molar-refractivity contribution in [1.82, 2.24) is 4.90 Å². The number of carboxylic acid groups (broad SMARTS) is 1. The number of rotatable bonds is 10. The molecular weight excluding hydrogens is 659 g/mol. The second kappa shape index (κ2) is 13.2. The van der Waals surface area contributed by atoms with Crippen molar-refractivity contribution in [3.05, 3.63) is 90.9 Å². The Hall–Kier alpha value is -3.84. The first kappa shape index (κ1) is 30.1. The van der Waals surface area contributed by atoms with Gasteiger partial charge in [0.15, 0.2) is 11.5 Å². The largest absolute Gasteiger partial charge is 0.490 e. The maximum atomic E-state index is 13.0. The first-order chi connectivity index (χ1) is 19.5. The smallest absolute Gasteiger partial charge is 0.335 e. The lowest BCUT2D eigenvalue weighted by molar-refractivity contribution is -0.127. The van der Waals surface area contributed by atoms with Crippen LogP contribution in [0.3, 0.4) is 0 Å². The predicted octanol–water partition coefficient (Wildman–Crippen LogP) is 6.26. The van der Waals surface area contributed by atoms with E-state index in [2.05, 4.69) is 27.9 Å². The van der Waals surface area contributed by atoms with Crippen LogP contribution in [0.15, 0.2) is 59.5 Å². The summed E-state index contributed by atoms with van der Waals surface area (Å²) >= 11 is 2.86. The summed E-state index contributed by atoms with van der Waals surface area (Å²) in [5.74, 6) is -1.14. The van der Waals surface area contributed by atoms with Crippen LogP contribution in [0, 0.1) is 17.4 Å². The van der Waals surface area contributed by atoms with Gasteiger partial charge in [-0.25, -0.2) is 4.79 Å². The third kappa shape index (κ3) is 7.47. The van der Waals surface area contributed by atoms with Gasteiger partial charge in [0, 0.05) is 5.69 Å². The molecule has 1 heterocycles. The Morgan fingerprint density at radius 2 is 1.83 bits per heavy atom. The normalized spacial score (nSPS) is 14.0. The number of carbonyl (C=O) groups is 4. The molecule has 3 aromatic carbocycles. The van der Waals surface area contributed by atoms with Crippen molar-refractivity contribution in [2.45, 2.75) is 27.4 Å². The quantitative estimate of drug-likeness (QED) is 0.190. The maximum absolute atomic E-state index is 13.0. The van der Waals surface area contributed by atoms with Gasteiger partial charge >= 0.3 is 5.97 Å². The minimum Gasteiger partial charge on any atom is -0.490 e. The lowest BCUT2D eigenvalue weighted by atomic mass is 10.1. The number of carbonyl (C=O) groups excluding carboxylic acids is 3. The number of aryl methyl sites for hydroxylation is 2. The SMILES string of the molecule is CCOc1cc(/C=C2/SC(=O)N(CC(=O)Nc3ccc(C)c(C)c3)C2=O)cc(I)c1OCc1cccc(C(=O)O)c1. The van der Waals surface area contributed by atoms with E-state index >= 15 is 0 Å². The molecule has 4 rings (SSSR count). The Morgan fingerprint density at radius 3 is 2.54 bits per heavy atom. The number of ether oxygens (including phenoxy) is 2. The van der Waals surface area contributed by atoms with Crippen LogP contribution in [-0.4, -0.2) is 46.2 Å². The van der Waals surface area contributed by atoms with Crippen LogP contribution in [0.5, 0.6) is 11.5 Å².